The van der Waals surface area contributed by atoms with Gasteiger partial charge in [0.05, 0.1) is 12.3 Å². The van der Waals surface area contributed by atoms with E-state index in [9.17, 15) is 14.4 Å². The van der Waals surface area contributed by atoms with Crippen molar-refractivity contribution in [1.29, 1.82) is 0 Å². The zero-order chi connectivity index (χ0) is 16.3. The zero-order valence-electron chi connectivity index (χ0n) is 11.8. The quantitative estimate of drug-likeness (QED) is 0.547. The maximum absolute atomic E-state index is 11.8. The van der Waals surface area contributed by atoms with Gasteiger partial charge in [-0.25, -0.2) is 0 Å². The number of carboxylic acid groups (broad SMARTS) is 2. The van der Waals surface area contributed by atoms with Gasteiger partial charge in [0.1, 0.15) is 6.04 Å². The number of benzene rings is 1. The molecule has 1 aromatic rings. The summed E-state index contributed by atoms with van der Waals surface area (Å²) >= 11 is 0. The minimum absolute atomic E-state index is 0.119. The van der Waals surface area contributed by atoms with Crippen molar-refractivity contribution in [2.75, 3.05) is 6.54 Å². The predicted molar refractivity (Wildman–Crippen MR) is 76.9 cm³/mol. The summed E-state index contributed by atoms with van der Waals surface area (Å²) in [6.45, 7) is 0.119. The number of hydrogen-bond acceptors (Lipinski definition) is 4. The Bertz CT molecular complexity index is 575. The van der Waals surface area contributed by atoms with Gasteiger partial charge in [0.2, 0.25) is 5.91 Å². The third kappa shape index (κ3) is 3.62. The number of nitrogens with two attached hydrogens (primary N) is 1. The van der Waals surface area contributed by atoms with Crippen LogP contribution in [0.1, 0.15) is 5.56 Å². The molecule has 1 saturated carbocycles. The molecule has 0 aliphatic heterocycles. The van der Waals surface area contributed by atoms with Gasteiger partial charge < -0.3 is 21.3 Å². The molecule has 0 aromatic heterocycles. The van der Waals surface area contributed by atoms with Crippen LogP contribution in [0.5, 0.6) is 0 Å². The number of aliphatic carboxylic acids is 2. The van der Waals surface area contributed by atoms with E-state index in [4.69, 9.17) is 15.9 Å². The molecule has 2 rings (SSSR count). The molecule has 5 N–H and O–H groups in total. The molecule has 1 aliphatic carbocycles. The molecule has 1 aromatic carbocycles. The van der Waals surface area contributed by atoms with Gasteiger partial charge in [0.15, 0.2) is 0 Å². The standard InChI is InChI=1S/C15H18N2O5/c16-13(15(21)22)11-9(12(11)14(19)20)7-17-10(18)6-8-4-2-1-3-5-8/h1-5,9,11-13H,6-7,16H2,(H,17,18)(H,19,20)(H,21,22). The highest BCUT2D eigenvalue weighted by atomic mass is 16.4. The second-order valence-corrected chi connectivity index (χ2v) is 5.44. The molecule has 1 aliphatic rings. The van der Waals surface area contributed by atoms with E-state index in [1.54, 1.807) is 0 Å². The lowest BCUT2D eigenvalue weighted by Crippen LogP contribution is -2.35. The van der Waals surface area contributed by atoms with Gasteiger partial charge in [-0.2, -0.15) is 0 Å². The Morgan fingerprint density at radius 2 is 1.82 bits per heavy atom. The van der Waals surface area contributed by atoms with Gasteiger partial charge in [-0.05, 0) is 11.5 Å². The lowest BCUT2D eigenvalue weighted by Gasteiger charge is -2.06. The number of rotatable bonds is 7. The van der Waals surface area contributed by atoms with Gasteiger partial charge in [-0.1, -0.05) is 30.3 Å². The van der Waals surface area contributed by atoms with Crippen LogP contribution in [0.4, 0.5) is 0 Å². The summed E-state index contributed by atoms with van der Waals surface area (Å²) in [6, 6.07) is 7.91. The van der Waals surface area contributed by atoms with E-state index >= 15 is 0 Å². The van der Waals surface area contributed by atoms with Crippen LogP contribution in [0.3, 0.4) is 0 Å². The summed E-state index contributed by atoms with van der Waals surface area (Å²) in [4.78, 5) is 33.8. The van der Waals surface area contributed by atoms with Gasteiger partial charge in [-0.15, -0.1) is 0 Å². The summed E-state index contributed by atoms with van der Waals surface area (Å²) < 4.78 is 0. The van der Waals surface area contributed by atoms with Gasteiger partial charge in [0.25, 0.3) is 0 Å². The van der Waals surface area contributed by atoms with Crippen LogP contribution in [0.25, 0.3) is 0 Å². The number of amides is 1. The molecular weight excluding hydrogens is 288 g/mol. The Balaban J connectivity index is 1.86. The van der Waals surface area contributed by atoms with E-state index in [2.05, 4.69) is 5.32 Å². The summed E-state index contributed by atoms with van der Waals surface area (Å²) in [5.74, 6) is -4.44. The SMILES string of the molecule is NC(C(=O)O)C1C(CNC(=O)Cc2ccccc2)C1C(=O)O. The first kappa shape index (κ1) is 16.0. The van der Waals surface area contributed by atoms with Crippen LogP contribution in [0, 0.1) is 17.8 Å². The number of carboxylic acids is 2. The maximum Gasteiger partial charge on any atom is 0.320 e. The molecule has 4 unspecified atom stereocenters. The van der Waals surface area contributed by atoms with Crippen molar-refractivity contribution in [2.45, 2.75) is 12.5 Å². The molecule has 7 nitrogen and oxygen atoms in total. The molecule has 0 radical (unpaired) electrons. The fourth-order valence-electron chi connectivity index (χ4n) is 2.74. The lowest BCUT2D eigenvalue weighted by molar-refractivity contribution is -0.140. The Morgan fingerprint density at radius 3 is 2.36 bits per heavy atom. The third-order valence-corrected chi connectivity index (χ3v) is 3.96. The Labute approximate surface area is 127 Å². The van der Waals surface area contributed by atoms with E-state index in [1.165, 1.54) is 0 Å². The number of nitrogens with one attached hydrogen (secondary N) is 1. The monoisotopic (exact) mass is 306 g/mol. The molecule has 4 atom stereocenters. The van der Waals surface area contributed by atoms with Gasteiger partial charge >= 0.3 is 11.9 Å². The van der Waals surface area contributed by atoms with Crippen molar-refractivity contribution in [3.8, 4) is 0 Å². The van der Waals surface area contributed by atoms with E-state index in [-0.39, 0.29) is 18.9 Å². The molecule has 0 bridgehead atoms. The van der Waals surface area contributed by atoms with E-state index in [0.717, 1.165) is 5.56 Å². The zero-order valence-corrected chi connectivity index (χ0v) is 11.8. The van der Waals surface area contributed by atoms with Crippen molar-refractivity contribution in [1.82, 2.24) is 5.32 Å². The fourth-order valence-corrected chi connectivity index (χ4v) is 2.74. The van der Waals surface area contributed by atoms with Crippen molar-refractivity contribution in [3.05, 3.63) is 35.9 Å². The first-order valence-electron chi connectivity index (χ1n) is 6.93. The topological polar surface area (TPSA) is 130 Å². The predicted octanol–water partition coefficient (Wildman–Crippen LogP) is -0.296. The second kappa shape index (κ2) is 6.57. The van der Waals surface area contributed by atoms with Crippen LogP contribution in [-0.4, -0.2) is 40.6 Å². The number of carbonyl (C=O) groups is 3. The van der Waals surface area contributed by atoms with Gasteiger partial charge in [-0.3, -0.25) is 14.4 Å². The van der Waals surface area contributed by atoms with Crippen molar-refractivity contribution < 1.29 is 24.6 Å². The Hall–Kier alpha value is -2.41. The molecule has 0 saturated heterocycles. The molecule has 118 valence electrons. The Kier molecular flexibility index (Phi) is 4.77. The average molecular weight is 306 g/mol. The number of carbonyl (C=O) groups excluding carboxylic acids is 1. The first-order chi connectivity index (χ1) is 10.4. The van der Waals surface area contributed by atoms with Crippen LogP contribution in [-0.2, 0) is 20.8 Å². The van der Waals surface area contributed by atoms with Crippen molar-refractivity contribution in [3.63, 3.8) is 0 Å². The largest absolute Gasteiger partial charge is 0.481 e. The number of hydrogen-bond donors (Lipinski definition) is 4. The summed E-state index contributed by atoms with van der Waals surface area (Å²) in [5, 5.41) is 20.6. The highest BCUT2D eigenvalue weighted by Crippen LogP contribution is 2.47. The minimum atomic E-state index is -1.23. The van der Waals surface area contributed by atoms with Crippen molar-refractivity contribution in [2.24, 2.45) is 23.5 Å². The van der Waals surface area contributed by atoms with E-state index in [0.29, 0.717) is 0 Å². The molecule has 1 fully saturated rings. The third-order valence-electron chi connectivity index (χ3n) is 3.96. The summed E-state index contributed by atoms with van der Waals surface area (Å²) in [5.41, 5.74) is 6.35. The normalized spacial score (nSPS) is 24.3. The molecular formula is C15H18N2O5. The summed E-state index contributed by atoms with van der Waals surface area (Å²) in [7, 11) is 0. The first-order valence-corrected chi connectivity index (χ1v) is 6.93. The fraction of sp³-hybridized carbons (Fsp3) is 0.400. The molecule has 0 spiro atoms. The van der Waals surface area contributed by atoms with Crippen LogP contribution in [0.2, 0.25) is 0 Å². The Morgan fingerprint density at radius 1 is 1.18 bits per heavy atom. The minimum Gasteiger partial charge on any atom is -0.481 e. The molecule has 1 amide bonds. The van der Waals surface area contributed by atoms with Gasteiger partial charge in [0, 0.05) is 12.5 Å². The van der Waals surface area contributed by atoms with E-state index < -0.39 is 35.7 Å². The van der Waals surface area contributed by atoms with E-state index in [1.807, 2.05) is 30.3 Å². The highest BCUT2D eigenvalue weighted by molar-refractivity contribution is 5.81. The summed E-state index contributed by atoms with van der Waals surface area (Å²) in [6.07, 6.45) is 0.195. The maximum atomic E-state index is 11.8. The van der Waals surface area contributed by atoms with Crippen LogP contribution >= 0.6 is 0 Å². The molecule has 7 heteroatoms. The lowest BCUT2D eigenvalue weighted by atomic mass is 10.1. The molecule has 22 heavy (non-hydrogen) atoms. The highest BCUT2D eigenvalue weighted by Gasteiger charge is 2.59. The van der Waals surface area contributed by atoms with Crippen LogP contribution < -0.4 is 11.1 Å². The van der Waals surface area contributed by atoms with Crippen LogP contribution in [0.15, 0.2) is 30.3 Å². The smallest absolute Gasteiger partial charge is 0.320 e. The second-order valence-electron chi connectivity index (χ2n) is 5.44. The average Bonchev–Trinajstić information content (AvgIpc) is 3.19. The molecule has 0 heterocycles. The van der Waals surface area contributed by atoms with Crippen molar-refractivity contribution >= 4 is 17.8 Å².